The van der Waals surface area contributed by atoms with Crippen LogP contribution in [0, 0.1) is 27.7 Å². The zero-order valence-corrected chi connectivity index (χ0v) is 16.4. The standard InChI is InChI=1S/C22H23N3O3/c1-14-5-6-16(3)19(11-14)23-20(26)13-28-21-9-10-22(27)25(24-21)18-8-7-15(2)17(4)12-18/h5-12H,13H2,1-4H3,(H,23,26). The average molecular weight is 377 g/mol. The Kier molecular flexibility index (Phi) is 5.59. The predicted octanol–water partition coefficient (Wildman–Crippen LogP) is 3.48. The molecule has 0 aliphatic heterocycles. The van der Waals surface area contributed by atoms with Gasteiger partial charge < -0.3 is 10.1 Å². The summed E-state index contributed by atoms with van der Waals surface area (Å²) in [5.41, 5.74) is 5.36. The molecule has 0 bridgehead atoms. The van der Waals surface area contributed by atoms with E-state index in [1.165, 1.54) is 16.8 Å². The van der Waals surface area contributed by atoms with Crippen molar-refractivity contribution in [2.45, 2.75) is 27.7 Å². The van der Waals surface area contributed by atoms with E-state index in [0.717, 1.165) is 27.9 Å². The quantitative estimate of drug-likeness (QED) is 0.739. The summed E-state index contributed by atoms with van der Waals surface area (Å²) in [4.78, 5) is 24.4. The molecule has 0 spiro atoms. The topological polar surface area (TPSA) is 73.2 Å². The summed E-state index contributed by atoms with van der Waals surface area (Å²) >= 11 is 0. The molecule has 0 aliphatic carbocycles. The molecule has 0 radical (unpaired) electrons. The summed E-state index contributed by atoms with van der Waals surface area (Å²) in [7, 11) is 0. The van der Waals surface area contributed by atoms with Gasteiger partial charge in [-0.25, -0.2) is 0 Å². The zero-order valence-electron chi connectivity index (χ0n) is 16.4. The summed E-state index contributed by atoms with van der Waals surface area (Å²) in [5, 5.41) is 7.06. The largest absolute Gasteiger partial charge is 0.467 e. The van der Waals surface area contributed by atoms with Crippen molar-refractivity contribution in [2.75, 3.05) is 11.9 Å². The van der Waals surface area contributed by atoms with Crippen LogP contribution in [0.3, 0.4) is 0 Å². The van der Waals surface area contributed by atoms with Gasteiger partial charge in [0.1, 0.15) is 0 Å². The number of nitrogens with zero attached hydrogens (tertiary/aromatic N) is 2. The molecule has 6 heteroatoms. The first-order chi connectivity index (χ1) is 13.3. The monoisotopic (exact) mass is 377 g/mol. The number of carbonyl (C=O) groups excluding carboxylic acids is 1. The normalized spacial score (nSPS) is 10.6. The SMILES string of the molecule is Cc1ccc(C)c(NC(=O)COc2ccc(=O)n(-c3ccc(C)c(C)c3)n2)c1. The van der Waals surface area contributed by atoms with Crippen LogP contribution < -0.4 is 15.6 Å². The van der Waals surface area contributed by atoms with Gasteiger partial charge in [-0.1, -0.05) is 18.2 Å². The van der Waals surface area contributed by atoms with E-state index in [2.05, 4.69) is 10.4 Å². The molecular weight excluding hydrogens is 354 g/mol. The Morgan fingerprint density at radius 3 is 2.46 bits per heavy atom. The van der Waals surface area contributed by atoms with Gasteiger partial charge in [0.25, 0.3) is 11.5 Å². The van der Waals surface area contributed by atoms with Crippen molar-refractivity contribution in [1.82, 2.24) is 9.78 Å². The maximum Gasteiger partial charge on any atom is 0.271 e. The van der Waals surface area contributed by atoms with Crippen LogP contribution in [0.25, 0.3) is 5.69 Å². The van der Waals surface area contributed by atoms with Crippen LogP contribution in [-0.2, 0) is 4.79 Å². The van der Waals surface area contributed by atoms with Crippen LogP contribution in [0.5, 0.6) is 5.88 Å². The minimum Gasteiger partial charge on any atom is -0.467 e. The highest BCUT2D eigenvalue weighted by atomic mass is 16.5. The second-order valence-corrected chi connectivity index (χ2v) is 6.85. The summed E-state index contributed by atoms with van der Waals surface area (Å²) in [6.45, 7) is 7.67. The lowest BCUT2D eigenvalue weighted by Gasteiger charge is -2.11. The molecular formula is C22H23N3O3. The number of aromatic nitrogens is 2. The van der Waals surface area contributed by atoms with Gasteiger partial charge >= 0.3 is 0 Å². The van der Waals surface area contributed by atoms with Crippen LogP contribution in [0.1, 0.15) is 22.3 Å². The third-order valence-electron chi connectivity index (χ3n) is 4.53. The minimum absolute atomic E-state index is 0.203. The van der Waals surface area contributed by atoms with E-state index >= 15 is 0 Å². The molecule has 0 unspecified atom stereocenters. The summed E-state index contributed by atoms with van der Waals surface area (Å²) in [5.74, 6) is -0.0895. The number of carbonyl (C=O) groups is 1. The van der Waals surface area contributed by atoms with E-state index in [1.807, 2.05) is 64.1 Å². The molecule has 6 nitrogen and oxygen atoms in total. The highest BCUT2D eigenvalue weighted by Gasteiger charge is 2.09. The van der Waals surface area contributed by atoms with Gasteiger partial charge in [0.05, 0.1) is 5.69 Å². The number of benzene rings is 2. The molecule has 0 fully saturated rings. The first kappa shape index (κ1) is 19.4. The third kappa shape index (κ3) is 4.46. The zero-order chi connectivity index (χ0) is 20.3. The van der Waals surface area contributed by atoms with E-state index in [9.17, 15) is 9.59 Å². The third-order valence-corrected chi connectivity index (χ3v) is 4.53. The van der Waals surface area contributed by atoms with Gasteiger partial charge in [0, 0.05) is 17.8 Å². The Morgan fingerprint density at radius 2 is 1.71 bits per heavy atom. The molecule has 3 rings (SSSR count). The molecule has 144 valence electrons. The molecule has 1 N–H and O–H groups in total. The van der Waals surface area contributed by atoms with Crippen molar-refractivity contribution >= 4 is 11.6 Å². The van der Waals surface area contributed by atoms with Crippen molar-refractivity contribution in [3.8, 4) is 11.6 Å². The molecule has 1 aromatic heterocycles. The molecule has 0 saturated heterocycles. The molecule has 28 heavy (non-hydrogen) atoms. The Bertz CT molecular complexity index is 1090. The maximum absolute atomic E-state index is 12.2. The smallest absolute Gasteiger partial charge is 0.271 e. The Hall–Kier alpha value is -3.41. The van der Waals surface area contributed by atoms with E-state index in [0.29, 0.717) is 5.69 Å². The average Bonchev–Trinajstić information content (AvgIpc) is 2.66. The van der Waals surface area contributed by atoms with Crippen LogP contribution in [-0.4, -0.2) is 22.3 Å². The number of rotatable bonds is 5. The van der Waals surface area contributed by atoms with Crippen molar-refractivity contribution < 1.29 is 9.53 Å². The Balaban J connectivity index is 1.73. The number of hydrogen-bond acceptors (Lipinski definition) is 4. The fraction of sp³-hybridized carbons (Fsp3) is 0.227. The summed E-state index contributed by atoms with van der Waals surface area (Å²) in [6.07, 6.45) is 0. The second kappa shape index (κ2) is 8.08. The van der Waals surface area contributed by atoms with E-state index in [-0.39, 0.29) is 24.0 Å². The second-order valence-electron chi connectivity index (χ2n) is 6.85. The molecule has 1 heterocycles. The van der Waals surface area contributed by atoms with Crippen molar-refractivity contribution in [1.29, 1.82) is 0 Å². The van der Waals surface area contributed by atoms with Crippen LogP contribution in [0.4, 0.5) is 5.69 Å². The number of hydrogen-bond donors (Lipinski definition) is 1. The van der Waals surface area contributed by atoms with E-state index in [4.69, 9.17) is 4.74 Å². The molecule has 2 aromatic carbocycles. The van der Waals surface area contributed by atoms with Crippen LogP contribution >= 0.6 is 0 Å². The number of anilines is 1. The number of amides is 1. The highest BCUT2D eigenvalue weighted by Crippen LogP contribution is 2.16. The lowest BCUT2D eigenvalue weighted by atomic mass is 10.1. The fourth-order valence-corrected chi connectivity index (χ4v) is 2.71. The van der Waals surface area contributed by atoms with Gasteiger partial charge in [-0.15, -0.1) is 5.10 Å². The minimum atomic E-state index is -0.292. The first-order valence-electron chi connectivity index (χ1n) is 9.01. The van der Waals surface area contributed by atoms with E-state index < -0.39 is 0 Å². The van der Waals surface area contributed by atoms with Gasteiger partial charge in [-0.3, -0.25) is 9.59 Å². The number of nitrogens with one attached hydrogen (secondary N) is 1. The van der Waals surface area contributed by atoms with Gasteiger partial charge in [0.2, 0.25) is 5.88 Å². The maximum atomic E-state index is 12.2. The predicted molar refractivity (Wildman–Crippen MR) is 109 cm³/mol. The molecule has 0 saturated carbocycles. The highest BCUT2D eigenvalue weighted by molar-refractivity contribution is 5.92. The number of aryl methyl sites for hydroxylation is 4. The van der Waals surface area contributed by atoms with Gasteiger partial charge in [0.15, 0.2) is 6.61 Å². The van der Waals surface area contributed by atoms with Crippen LogP contribution in [0.2, 0.25) is 0 Å². The molecule has 0 aliphatic rings. The van der Waals surface area contributed by atoms with Crippen molar-refractivity contribution in [2.24, 2.45) is 0 Å². The lowest BCUT2D eigenvalue weighted by Crippen LogP contribution is -2.24. The number of ether oxygens (including phenoxy) is 1. The Morgan fingerprint density at radius 1 is 0.964 bits per heavy atom. The lowest BCUT2D eigenvalue weighted by molar-refractivity contribution is -0.118. The molecule has 3 aromatic rings. The Labute approximate surface area is 163 Å². The van der Waals surface area contributed by atoms with Crippen molar-refractivity contribution in [3.63, 3.8) is 0 Å². The molecule has 0 atom stereocenters. The van der Waals surface area contributed by atoms with Gasteiger partial charge in [-0.05, 0) is 68.1 Å². The molecule has 1 amide bonds. The summed E-state index contributed by atoms with van der Waals surface area (Å²) < 4.78 is 6.77. The fourth-order valence-electron chi connectivity index (χ4n) is 2.71. The van der Waals surface area contributed by atoms with Crippen LogP contribution in [0.15, 0.2) is 53.3 Å². The van der Waals surface area contributed by atoms with Crippen molar-refractivity contribution in [3.05, 3.63) is 81.1 Å². The first-order valence-corrected chi connectivity index (χ1v) is 9.01. The van der Waals surface area contributed by atoms with Gasteiger partial charge in [-0.2, -0.15) is 4.68 Å². The summed E-state index contributed by atoms with van der Waals surface area (Å²) in [6, 6.07) is 14.3. The van der Waals surface area contributed by atoms with E-state index in [1.54, 1.807) is 0 Å².